The quantitative estimate of drug-likeness (QED) is 0.802. The van der Waals surface area contributed by atoms with Gasteiger partial charge in [-0.2, -0.15) is 0 Å². The summed E-state index contributed by atoms with van der Waals surface area (Å²) in [6.45, 7) is 8.26. The van der Waals surface area contributed by atoms with E-state index in [-0.39, 0.29) is 17.7 Å². The second-order valence-electron chi connectivity index (χ2n) is 9.22. The van der Waals surface area contributed by atoms with Crippen molar-refractivity contribution in [3.05, 3.63) is 0 Å². The summed E-state index contributed by atoms with van der Waals surface area (Å²) >= 11 is 0. The molecule has 0 aromatic rings. The van der Waals surface area contributed by atoms with Gasteiger partial charge in [-0.3, -0.25) is 4.90 Å². The van der Waals surface area contributed by atoms with Crippen LogP contribution in [0, 0.1) is 0 Å². The molecule has 0 unspecified atom stereocenters. The van der Waals surface area contributed by atoms with Gasteiger partial charge in [-0.1, -0.05) is 12.8 Å². The van der Waals surface area contributed by atoms with Gasteiger partial charge in [0.25, 0.3) is 0 Å². The molecule has 3 aliphatic heterocycles. The maximum Gasteiger partial charge on any atom is 0.409 e. The fraction of sp³-hybridized carbons (Fsp3) is 0.905. The topological polar surface area (TPSA) is 65.1 Å². The lowest BCUT2D eigenvalue weighted by molar-refractivity contribution is 0.00124. The number of urea groups is 1. The van der Waals surface area contributed by atoms with Gasteiger partial charge in [0.1, 0.15) is 0 Å². The molecule has 0 radical (unpaired) electrons. The standard InChI is InChI=1S/C21H36N4O3/c1-3-28-20(27)23-14-10-21(2,11-15-23)24-12-8-16(9-13-24)25-18-7-5-4-6-17(18)22-19(25)26/h16-18H,3-15H2,1-2H3,(H,22,26)/t17-,18-/m0/s1. The van der Waals surface area contributed by atoms with Crippen LogP contribution in [0.3, 0.4) is 0 Å². The zero-order chi connectivity index (χ0) is 19.7. The third-order valence-electron chi connectivity index (χ3n) is 7.62. The van der Waals surface area contributed by atoms with E-state index < -0.39 is 0 Å². The van der Waals surface area contributed by atoms with E-state index in [9.17, 15) is 9.59 Å². The highest BCUT2D eigenvalue weighted by Gasteiger charge is 2.46. The van der Waals surface area contributed by atoms with Gasteiger partial charge in [0, 0.05) is 37.8 Å². The summed E-state index contributed by atoms with van der Waals surface area (Å²) in [4.78, 5) is 31.2. The van der Waals surface area contributed by atoms with Crippen LogP contribution < -0.4 is 5.32 Å². The van der Waals surface area contributed by atoms with Gasteiger partial charge in [0.05, 0.1) is 18.7 Å². The zero-order valence-corrected chi connectivity index (χ0v) is 17.5. The highest BCUT2D eigenvalue weighted by Crippen LogP contribution is 2.35. The van der Waals surface area contributed by atoms with E-state index in [0.29, 0.717) is 24.7 Å². The lowest BCUT2D eigenvalue weighted by Crippen LogP contribution is -2.58. The molecule has 0 spiro atoms. The second kappa shape index (κ2) is 8.09. The lowest BCUT2D eigenvalue weighted by Gasteiger charge is -2.50. The predicted molar refractivity (Wildman–Crippen MR) is 107 cm³/mol. The fourth-order valence-electron chi connectivity index (χ4n) is 5.82. The number of ether oxygens (including phenoxy) is 1. The Kier molecular flexibility index (Phi) is 5.72. The minimum Gasteiger partial charge on any atom is -0.450 e. The Morgan fingerprint density at radius 3 is 2.46 bits per heavy atom. The molecule has 4 rings (SSSR count). The van der Waals surface area contributed by atoms with Crippen LogP contribution in [-0.4, -0.2) is 83.3 Å². The van der Waals surface area contributed by atoms with E-state index in [2.05, 4.69) is 22.0 Å². The van der Waals surface area contributed by atoms with Crippen molar-refractivity contribution in [2.24, 2.45) is 0 Å². The summed E-state index contributed by atoms with van der Waals surface area (Å²) in [7, 11) is 0. The third-order valence-corrected chi connectivity index (χ3v) is 7.62. The van der Waals surface area contributed by atoms with Gasteiger partial charge in [-0.05, 0) is 52.4 Å². The third kappa shape index (κ3) is 3.70. The largest absolute Gasteiger partial charge is 0.450 e. The van der Waals surface area contributed by atoms with Crippen LogP contribution in [0.1, 0.15) is 65.2 Å². The van der Waals surface area contributed by atoms with Crippen molar-refractivity contribution in [1.82, 2.24) is 20.0 Å². The van der Waals surface area contributed by atoms with E-state index in [1.165, 1.54) is 12.8 Å². The number of piperidine rings is 2. The van der Waals surface area contributed by atoms with Crippen LogP contribution >= 0.6 is 0 Å². The van der Waals surface area contributed by atoms with E-state index in [1.807, 2.05) is 11.8 Å². The molecule has 3 saturated heterocycles. The second-order valence-corrected chi connectivity index (χ2v) is 9.22. The SMILES string of the molecule is CCOC(=O)N1CCC(C)(N2CCC(N3C(=O)N[C@H]4CCCC[C@@H]43)CC2)CC1. The van der Waals surface area contributed by atoms with Gasteiger partial charge in [0.2, 0.25) is 0 Å². The van der Waals surface area contributed by atoms with Crippen molar-refractivity contribution in [1.29, 1.82) is 0 Å². The maximum absolute atomic E-state index is 12.6. The van der Waals surface area contributed by atoms with Crippen LogP contribution in [0.2, 0.25) is 0 Å². The number of nitrogens with zero attached hydrogens (tertiary/aromatic N) is 3. The van der Waals surface area contributed by atoms with E-state index in [1.54, 1.807) is 0 Å². The maximum atomic E-state index is 12.6. The highest BCUT2D eigenvalue weighted by molar-refractivity contribution is 5.78. The Labute approximate surface area is 168 Å². The lowest BCUT2D eigenvalue weighted by atomic mass is 9.85. The molecule has 3 amide bonds. The number of likely N-dealkylation sites (tertiary alicyclic amines) is 2. The number of amides is 3. The summed E-state index contributed by atoms with van der Waals surface area (Å²) in [5.74, 6) is 0. The highest BCUT2D eigenvalue weighted by atomic mass is 16.6. The van der Waals surface area contributed by atoms with Crippen LogP contribution in [0.25, 0.3) is 0 Å². The van der Waals surface area contributed by atoms with Crippen LogP contribution in [0.15, 0.2) is 0 Å². The molecule has 1 saturated carbocycles. The molecule has 1 N–H and O–H groups in total. The number of hydrogen-bond donors (Lipinski definition) is 1. The summed E-state index contributed by atoms with van der Waals surface area (Å²) in [6.07, 6.45) is 8.73. The average Bonchev–Trinajstić information content (AvgIpc) is 3.04. The number of hydrogen-bond acceptors (Lipinski definition) is 4. The monoisotopic (exact) mass is 392 g/mol. The average molecular weight is 393 g/mol. The summed E-state index contributed by atoms with van der Waals surface area (Å²) < 4.78 is 5.15. The molecule has 4 fully saturated rings. The summed E-state index contributed by atoms with van der Waals surface area (Å²) in [5, 5.41) is 3.24. The van der Waals surface area contributed by atoms with Gasteiger partial charge >= 0.3 is 12.1 Å². The Bertz CT molecular complexity index is 582. The van der Waals surface area contributed by atoms with E-state index in [4.69, 9.17) is 4.74 Å². The predicted octanol–water partition coefficient (Wildman–Crippen LogP) is 2.80. The normalized spacial score (nSPS) is 31.4. The Hall–Kier alpha value is -1.50. The van der Waals surface area contributed by atoms with Crippen LogP contribution in [-0.2, 0) is 4.74 Å². The van der Waals surface area contributed by atoms with Gasteiger partial charge in [-0.15, -0.1) is 0 Å². The molecule has 28 heavy (non-hydrogen) atoms. The Morgan fingerprint density at radius 2 is 1.79 bits per heavy atom. The first-order valence-corrected chi connectivity index (χ1v) is 11.3. The number of carbonyl (C=O) groups is 2. The van der Waals surface area contributed by atoms with Crippen molar-refractivity contribution in [3.8, 4) is 0 Å². The van der Waals surface area contributed by atoms with Gasteiger partial charge in [0.15, 0.2) is 0 Å². The van der Waals surface area contributed by atoms with Crippen LogP contribution in [0.5, 0.6) is 0 Å². The molecule has 0 bridgehead atoms. The minimum absolute atomic E-state index is 0.147. The molecule has 4 aliphatic rings. The molecule has 7 nitrogen and oxygen atoms in total. The van der Waals surface area contributed by atoms with Crippen LogP contribution in [0.4, 0.5) is 9.59 Å². The molecule has 0 aromatic heterocycles. The minimum atomic E-state index is -0.176. The first kappa shape index (κ1) is 19.8. The van der Waals surface area contributed by atoms with E-state index in [0.717, 1.165) is 64.7 Å². The molecule has 3 heterocycles. The molecule has 2 atom stereocenters. The van der Waals surface area contributed by atoms with Gasteiger partial charge in [-0.25, -0.2) is 9.59 Å². The number of fused-ring (bicyclic) bond motifs is 1. The molecular formula is C21H36N4O3. The number of carbonyl (C=O) groups excluding carboxylic acids is 2. The molecule has 7 heteroatoms. The van der Waals surface area contributed by atoms with Gasteiger partial charge < -0.3 is 19.9 Å². The Balaban J connectivity index is 1.31. The molecular weight excluding hydrogens is 356 g/mol. The van der Waals surface area contributed by atoms with E-state index >= 15 is 0 Å². The molecule has 1 aliphatic carbocycles. The zero-order valence-electron chi connectivity index (χ0n) is 17.5. The summed E-state index contributed by atoms with van der Waals surface area (Å²) in [5.41, 5.74) is 0.147. The molecule has 0 aromatic carbocycles. The smallest absolute Gasteiger partial charge is 0.409 e. The first-order valence-electron chi connectivity index (χ1n) is 11.3. The summed E-state index contributed by atoms with van der Waals surface area (Å²) in [6, 6.07) is 1.35. The van der Waals surface area contributed by atoms with Crippen molar-refractivity contribution < 1.29 is 14.3 Å². The van der Waals surface area contributed by atoms with Crippen molar-refractivity contribution in [2.75, 3.05) is 32.8 Å². The fourth-order valence-corrected chi connectivity index (χ4v) is 5.82. The first-order chi connectivity index (χ1) is 13.5. The number of nitrogens with one attached hydrogen (secondary N) is 1. The number of rotatable bonds is 3. The van der Waals surface area contributed by atoms with Crippen molar-refractivity contribution in [2.45, 2.75) is 88.9 Å². The molecule has 158 valence electrons. The Morgan fingerprint density at radius 1 is 1.11 bits per heavy atom. The van der Waals surface area contributed by atoms with Crippen molar-refractivity contribution >= 4 is 12.1 Å². The van der Waals surface area contributed by atoms with Crippen molar-refractivity contribution in [3.63, 3.8) is 0 Å².